The molecule has 2 nitrogen and oxygen atoms in total. The molecule has 0 bridgehead atoms. The van der Waals surface area contributed by atoms with E-state index in [1.54, 1.807) is 0 Å². The molecular weight excluding hydrogens is 368 g/mol. The quantitative estimate of drug-likeness (QED) is 0.546. The number of benzene rings is 1. The van der Waals surface area contributed by atoms with Crippen molar-refractivity contribution < 1.29 is 9.53 Å². The third-order valence-electron chi connectivity index (χ3n) is 10.4. The van der Waals surface area contributed by atoms with Gasteiger partial charge in [0.25, 0.3) is 0 Å². The number of carbonyl (C=O) groups is 1. The van der Waals surface area contributed by atoms with Crippen molar-refractivity contribution in [1.29, 1.82) is 0 Å². The molecule has 0 heterocycles. The standard InChI is InChI=1S/C28H40O2/c1-19(29)24-11-12-25-23-10-9-21-17-22(30-18-20-7-5-4-6-8-20)13-15-27(21,2)26(23)14-16-28(24,25)3/h4-8,21-26H,9-18H2,1-3H3/t21-,22-,23-,24+,25-,26-,27-,28+/m0/s1. The van der Waals surface area contributed by atoms with Crippen LogP contribution in [-0.2, 0) is 16.1 Å². The van der Waals surface area contributed by atoms with Crippen molar-refractivity contribution in [2.75, 3.05) is 0 Å². The Bertz CT molecular complexity index is 772. The molecule has 0 unspecified atom stereocenters. The second-order valence-corrected chi connectivity index (χ2v) is 11.6. The monoisotopic (exact) mass is 408 g/mol. The number of ketones is 1. The van der Waals surface area contributed by atoms with Crippen LogP contribution in [0.15, 0.2) is 30.3 Å². The van der Waals surface area contributed by atoms with E-state index >= 15 is 0 Å². The number of carbonyl (C=O) groups excluding carboxylic acids is 1. The zero-order valence-electron chi connectivity index (χ0n) is 19.2. The van der Waals surface area contributed by atoms with Gasteiger partial charge in [0, 0.05) is 5.92 Å². The molecule has 4 saturated carbocycles. The van der Waals surface area contributed by atoms with E-state index in [2.05, 4.69) is 44.2 Å². The number of hydrogen-bond donors (Lipinski definition) is 0. The molecule has 0 saturated heterocycles. The van der Waals surface area contributed by atoms with Crippen molar-refractivity contribution in [2.24, 2.45) is 40.4 Å². The molecule has 0 aromatic heterocycles. The van der Waals surface area contributed by atoms with Gasteiger partial charge in [-0.05, 0) is 105 Å². The maximum atomic E-state index is 12.3. The zero-order chi connectivity index (χ0) is 20.9. The van der Waals surface area contributed by atoms with Crippen molar-refractivity contribution in [1.82, 2.24) is 0 Å². The molecule has 4 fully saturated rings. The number of ether oxygens (including phenoxy) is 1. The van der Waals surface area contributed by atoms with Crippen molar-refractivity contribution >= 4 is 5.78 Å². The van der Waals surface area contributed by atoms with E-state index in [1.807, 2.05) is 6.92 Å². The third kappa shape index (κ3) is 3.29. The Hall–Kier alpha value is -1.15. The van der Waals surface area contributed by atoms with E-state index in [1.165, 1.54) is 56.9 Å². The Morgan fingerprint density at radius 1 is 0.933 bits per heavy atom. The number of Topliss-reactive ketones (excluding diaryl/α,β-unsaturated/α-hetero) is 1. The minimum absolute atomic E-state index is 0.284. The zero-order valence-corrected chi connectivity index (χ0v) is 19.2. The van der Waals surface area contributed by atoms with Gasteiger partial charge < -0.3 is 4.74 Å². The molecular formula is C28H40O2. The molecule has 0 N–H and O–H groups in total. The van der Waals surface area contributed by atoms with E-state index in [0.717, 1.165) is 36.7 Å². The molecule has 8 atom stereocenters. The van der Waals surface area contributed by atoms with Gasteiger partial charge in [-0.1, -0.05) is 44.2 Å². The van der Waals surface area contributed by atoms with Crippen LogP contribution in [0.3, 0.4) is 0 Å². The van der Waals surface area contributed by atoms with Gasteiger partial charge in [0.1, 0.15) is 5.78 Å². The minimum Gasteiger partial charge on any atom is -0.374 e. The molecule has 164 valence electrons. The molecule has 5 rings (SSSR count). The van der Waals surface area contributed by atoms with Crippen LogP contribution in [0.25, 0.3) is 0 Å². The first-order chi connectivity index (χ1) is 14.4. The summed E-state index contributed by atoms with van der Waals surface area (Å²) in [5.74, 6) is 4.12. The van der Waals surface area contributed by atoms with Gasteiger partial charge in [-0.15, -0.1) is 0 Å². The maximum absolute atomic E-state index is 12.3. The van der Waals surface area contributed by atoms with Gasteiger partial charge in [-0.2, -0.15) is 0 Å². The maximum Gasteiger partial charge on any atom is 0.133 e. The summed E-state index contributed by atoms with van der Waals surface area (Å²) in [4.78, 5) is 12.3. The molecule has 1 aromatic carbocycles. The molecule has 0 spiro atoms. The van der Waals surface area contributed by atoms with Crippen LogP contribution in [0.2, 0.25) is 0 Å². The van der Waals surface area contributed by atoms with Crippen molar-refractivity contribution in [2.45, 2.75) is 91.3 Å². The molecule has 0 amide bonds. The highest BCUT2D eigenvalue weighted by Crippen LogP contribution is 2.67. The van der Waals surface area contributed by atoms with Crippen LogP contribution < -0.4 is 0 Å². The molecule has 4 aliphatic carbocycles. The summed E-state index contributed by atoms with van der Waals surface area (Å²) >= 11 is 0. The van der Waals surface area contributed by atoms with Gasteiger partial charge in [0.15, 0.2) is 0 Å². The Morgan fingerprint density at radius 3 is 2.43 bits per heavy atom. The predicted molar refractivity (Wildman–Crippen MR) is 121 cm³/mol. The highest BCUT2D eigenvalue weighted by molar-refractivity contribution is 5.79. The molecule has 0 radical (unpaired) electrons. The van der Waals surface area contributed by atoms with Crippen molar-refractivity contribution in [3.63, 3.8) is 0 Å². The van der Waals surface area contributed by atoms with Gasteiger partial charge in [-0.3, -0.25) is 4.79 Å². The van der Waals surface area contributed by atoms with E-state index in [9.17, 15) is 4.79 Å². The average Bonchev–Trinajstić information content (AvgIpc) is 3.10. The van der Waals surface area contributed by atoms with Crippen molar-refractivity contribution in [3.05, 3.63) is 35.9 Å². The average molecular weight is 409 g/mol. The summed E-state index contributed by atoms with van der Waals surface area (Å²) in [5.41, 5.74) is 2.07. The molecule has 30 heavy (non-hydrogen) atoms. The summed E-state index contributed by atoms with van der Waals surface area (Å²) in [6.45, 7) is 7.70. The summed E-state index contributed by atoms with van der Waals surface area (Å²) < 4.78 is 6.39. The van der Waals surface area contributed by atoms with Gasteiger partial charge in [0.2, 0.25) is 0 Å². The normalized spacial score (nSPS) is 45.3. The third-order valence-corrected chi connectivity index (χ3v) is 10.4. The topological polar surface area (TPSA) is 26.3 Å². The van der Waals surface area contributed by atoms with Gasteiger partial charge >= 0.3 is 0 Å². The molecule has 4 aliphatic rings. The van der Waals surface area contributed by atoms with Crippen LogP contribution in [0.5, 0.6) is 0 Å². The second kappa shape index (κ2) is 7.76. The van der Waals surface area contributed by atoms with Gasteiger partial charge in [-0.25, -0.2) is 0 Å². The van der Waals surface area contributed by atoms with Crippen LogP contribution in [-0.4, -0.2) is 11.9 Å². The lowest BCUT2D eigenvalue weighted by Gasteiger charge is -2.61. The molecule has 2 heteroatoms. The molecule has 0 aliphatic heterocycles. The Balaban J connectivity index is 1.27. The lowest BCUT2D eigenvalue weighted by molar-refractivity contribution is -0.143. The Kier molecular flexibility index (Phi) is 5.37. The smallest absolute Gasteiger partial charge is 0.133 e. The van der Waals surface area contributed by atoms with Gasteiger partial charge in [0.05, 0.1) is 12.7 Å². The SMILES string of the molecule is CC(=O)[C@H]1CC[C@H]2[C@@H]3CC[C@H]4C[C@@H](OCc5ccccc5)CC[C@]4(C)[C@H]3CC[C@]12C. The first-order valence-corrected chi connectivity index (χ1v) is 12.6. The summed E-state index contributed by atoms with van der Waals surface area (Å²) in [6.07, 6.45) is 12.1. The number of hydrogen-bond acceptors (Lipinski definition) is 2. The van der Waals surface area contributed by atoms with E-state index < -0.39 is 0 Å². The lowest BCUT2D eigenvalue weighted by Crippen LogP contribution is -2.54. The summed E-state index contributed by atoms with van der Waals surface area (Å²) in [5, 5.41) is 0. The predicted octanol–water partition coefficient (Wildman–Crippen LogP) is 6.82. The lowest BCUT2D eigenvalue weighted by atomic mass is 9.44. The van der Waals surface area contributed by atoms with Crippen LogP contribution >= 0.6 is 0 Å². The number of rotatable bonds is 4. The highest BCUT2D eigenvalue weighted by atomic mass is 16.5. The number of fused-ring (bicyclic) bond motifs is 5. The first-order valence-electron chi connectivity index (χ1n) is 12.6. The van der Waals surface area contributed by atoms with Crippen LogP contribution in [0.1, 0.15) is 84.1 Å². The molecule has 1 aromatic rings. The highest BCUT2D eigenvalue weighted by Gasteiger charge is 2.60. The van der Waals surface area contributed by atoms with E-state index in [4.69, 9.17) is 4.74 Å². The van der Waals surface area contributed by atoms with Crippen LogP contribution in [0, 0.1) is 40.4 Å². The fraction of sp³-hybridized carbons (Fsp3) is 0.750. The summed E-state index contributed by atoms with van der Waals surface area (Å²) in [6, 6.07) is 10.6. The fourth-order valence-electron chi connectivity index (χ4n) is 8.83. The Morgan fingerprint density at radius 2 is 1.67 bits per heavy atom. The fourth-order valence-corrected chi connectivity index (χ4v) is 8.83. The Labute approximate surface area is 183 Å². The van der Waals surface area contributed by atoms with E-state index in [0.29, 0.717) is 23.2 Å². The second-order valence-electron chi connectivity index (χ2n) is 11.6. The van der Waals surface area contributed by atoms with E-state index in [-0.39, 0.29) is 5.41 Å². The largest absolute Gasteiger partial charge is 0.374 e. The first kappa shape index (κ1) is 20.7. The minimum atomic E-state index is 0.284. The summed E-state index contributed by atoms with van der Waals surface area (Å²) in [7, 11) is 0. The van der Waals surface area contributed by atoms with Crippen LogP contribution in [0.4, 0.5) is 0 Å². The van der Waals surface area contributed by atoms with Crippen molar-refractivity contribution in [3.8, 4) is 0 Å².